The molecule has 0 aliphatic heterocycles. The lowest BCUT2D eigenvalue weighted by Gasteiger charge is -2.12. The van der Waals surface area contributed by atoms with Crippen molar-refractivity contribution in [3.8, 4) is 11.4 Å². The summed E-state index contributed by atoms with van der Waals surface area (Å²) in [7, 11) is 0. The van der Waals surface area contributed by atoms with Crippen LogP contribution in [0.5, 0.6) is 5.75 Å². The highest BCUT2D eigenvalue weighted by Gasteiger charge is 2.13. The van der Waals surface area contributed by atoms with Crippen LogP contribution < -0.4 is 5.56 Å². The summed E-state index contributed by atoms with van der Waals surface area (Å²) >= 11 is 13.7. The molecule has 0 aliphatic carbocycles. The number of pyridine rings is 1. The molecule has 0 unspecified atom stereocenters. The number of aromatic nitrogens is 1. The molecule has 3 rings (SSSR count). The SMILES string of the molecule is CSc1cccc(-n2ccc(O)c(Cc3ccc(Cl)cc3Cl)c2=O)c1. The number of nitrogens with zero attached hydrogens (tertiary/aromatic N) is 1. The first kappa shape index (κ1) is 17.9. The molecule has 0 bridgehead atoms. The zero-order chi connectivity index (χ0) is 18.0. The molecule has 0 fully saturated rings. The highest BCUT2D eigenvalue weighted by Crippen LogP contribution is 2.26. The van der Waals surface area contributed by atoms with Crippen LogP contribution in [0.3, 0.4) is 0 Å². The van der Waals surface area contributed by atoms with Gasteiger partial charge in [0.25, 0.3) is 5.56 Å². The van der Waals surface area contributed by atoms with Crippen LogP contribution in [0.1, 0.15) is 11.1 Å². The van der Waals surface area contributed by atoms with Crippen molar-refractivity contribution in [2.45, 2.75) is 11.3 Å². The van der Waals surface area contributed by atoms with Gasteiger partial charge in [-0.25, -0.2) is 0 Å². The Balaban J connectivity index is 2.07. The number of hydrogen-bond acceptors (Lipinski definition) is 3. The van der Waals surface area contributed by atoms with Gasteiger partial charge in [0.15, 0.2) is 0 Å². The van der Waals surface area contributed by atoms with Crippen molar-refractivity contribution in [1.29, 1.82) is 0 Å². The molecule has 0 amide bonds. The highest BCUT2D eigenvalue weighted by atomic mass is 35.5. The third-order valence-electron chi connectivity index (χ3n) is 3.88. The Hall–Kier alpha value is -1.88. The molecule has 0 spiro atoms. The van der Waals surface area contributed by atoms with E-state index in [2.05, 4.69) is 0 Å². The second kappa shape index (κ2) is 7.56. The van der Waals surface area contributed by atoms with Crippen LogP contribution in [0.15, 0.2) is 64.4 Å². The fourth-order valence-corrected chi connectivity index (χ4v) is 3.48. The number of aromatic hydroxyl groups is 1. The van der Waals surface area contributed by atoms with Crippen LogP contribution in [0.4, 0.5) is 0 Å². The molecular weight excluding hydrogens is 377 g/mol. The molecule has 0 saturated carbocycles. The van der Waals surface area contributed by atoms with E-state index in [0.717, 1.165) is 16.1 Å². The summed E-state index contributed by atoms with van der Waals surface area (Å²) in [5, 5.41) is 11.2. The third kappa shape index (κ3) is 3.87. The Kier molecular flexibility index (Phi) is 5.42. The molecule has 1 N–H and O–H groups in total. The number of rotatable bonds is 4. The molecule has 0 atom stereocenters. The van der Waals surface area contributed by atoms with Crippen LogP contribution in [0.25, 0.3) is 5.69 Å². The van der Waals surface area contributed by atoms with Gasteiger partial charge in [-0.3, -0.25) is 9.36 Å². The van der Waals surface area contributed by atoms with E-state index in [0.29, 0.717) is 15.6 Å². The number of halogens is 2. The van der Waals surface area contributed by atoms with Crippen LogP contribution in [0, 0.1) is 0 Å². The van der Waals surface area contributed by atoms with Gasteiger partial charge in [-0.2, -0.15) is 0 Å². The minimum atomic E-state index is -0.274. The van der Waals surface area contributed by atoms with Gasteiger partial charge in [-0.15, -0.1) is 11.8 Å². The molecule has 0 aliphatic rings. The minimum absolute atomic E-state index is 0.0479. The molecule has 128 valence electrons. The van der Waals surface area contributed by atoms with Gasteiger partial charge in [-0.05, 0) is 48.2 Å². The Labute approximate surface area is 159 Å². The molecule has 0 radical (unpaired) electrons. The van der Waals surface area contributed by atoms with Crippen molar-refractivity contribution in [3.05, 3.63) is 86.3 Å². The van der Waals surface area contributed by atoms with Gasteiger partial charge in [0.2, 0.25) is 0 Å². The molecule has 3 aromatic rings. The summed E-state index contributed by atoms with van der Waals surface area (Å²) in [4.78, 5) is 14.0. The monoisotopic (exact) mass is 391 g/mol. The molecule has 1 aromatic heterocycles. The second-order valence-electron chi connectivity index (χ2n) is 5.47. The smallest absolute Gasteiger partial charge is 0.262 e. The van der Waals surface area contributed by atoms with Gasteiger partial charge in [-0.1, -0.05) is 35.3 Å². The fraction of sp³-hybridized carbons (Fsp3) is 0.105. The number of thioether (sulfide) groups is 1. The topological polar surface area (TPSA) is 42.2 Å². The van der Waals surface area contributed by atoms with E-state index in [4.69, 9.17) is 23.2 Å². The molecular formula is C19H15Cl2NO2S. The summed E-state index contributed by atoms with van der Waals surface area (Å²) in [6.45, 7) is 0. The maximum Gasteiger partial charge on any atom is 0.262 e. The average Bonchev–Trinajstić information content (AvgIpc) is 2.60. The minimum Gasteiger partial charge on any atom is -0.507 e. The molecule has 0 saturated heterocycles. The molecule has 6 heteroatoms. The molecule has 2 aromatic carbocycles. The quantitative estimate of drug-likeness (QED) is 0.624. The third-order valence-corrected chi connectivity index (χ3v) is 5.19. The van der Waals surface area contributed by atoms with E-state index in [1.54, 1.807) is 36.2 Å². The standard InChI is InChI=1S/C19H15Cl2NO2S/c1-25-15-4-2-3-14(11-15)22-8-7-18(23)16(19(22)24)9-12-5-6-13(20)10-17(12)21/h2-8,10-11,23H,9H2,1H3. The summed E-state index contributed by atoms with van der Waals surface area (Å²) in [5.74, 6) is -0.0479. The van der Waals surface area contributed by atoms with Crippen molar-refractivity contribution < 1.29 is 5.11 Å². The first-order valence-corrected chi connectivity index (χ1v) is 9.49. The fourth-order valence-electron chi connectivity index (χ4n) is 2.55. The van der Waals surface area contributed by atoms with Gasteiger partial charge in [0.05, 0.1) is 5.56 Å². The first-order chi connectivity index (χ1) is 12.0. The Morgan fingerprint density at radius 2 is 1.92 bits per heavy atom. The van der Waals surface area contributed by atoms with Crippen LogP contribution in [0.2, 0.25) is 10.0 Å². The van der Waals surface area contributed by atoms with E-state index in [9.17, 15) is 9.90 Å². The summed E-state index contributed by atoms with van der Waals surface area (Å²) in [6, 6.07) is 14.3. The van der Waals surface area contributed by atoms with Gasteiger partial charge in [0, 0.05) is 33.2 Å². The van der Waals surface area contributed by atoms with E-state index in [-0.39, 0.29) is 17.7 Å². The van der Waals surface area contributed by atoms with E-state index < -0.39 is 0 Å². The Morgan fingerprint density at radius 3 is 2.64 bits per heavy atom. The second-order valence-corrected chi connectivity index (χ2v) is 7.19. The van der Waals surface area contributed by atoms with Crippen molar-refractivity contribution in [3.63, 3.8) is 0 Å². The zero-order valence-corrected chi connectivity index (χ0v) is 15.7. The summed E-state index contributed by atoms with van der Waals surface area (Å²) in [6.07, 6.45) is 3.78. The number of hydrogen-bond donors (Lipinski definition) is 1. The molecule has 3 nitrogen and oxygen atoms in total. The zero-order valence-electron chi connectivity index (χ0n) is 13.4. The van der Waals surface area contributed by atoms with E-state index in [1.165, 1.54) is 10.6 Å². The predicted molar refractivity (Wildman–Crippen MR) is 105 cm³/mol. The maximum atomic E-state index is 12.9. The van der Waals surface area contributed by atoms with Crippen LogP contribution >= 0.6 is 35.0 Å². The van der Waals surface area contributed by atoms with Crippen molar-refractivity contribution >= 4 is 35.0 Å². The van der Waals surface area contributed by atoms with Crippen LogP contribution in [-0.2, 0) is 6.42 Å². The average molecular weight is 392 g/mol. The highest BCUT2D eigenvalue weighted by molar-refractivity contribution is 7.98. The molecule has 1 heterocycles. The summed E-state index contributed by atoms with van der Waals surface area (Å²) < 4.78 is 1.53. The largest absolute Gasteiger partial charge is 0.507 e. The van der Waals surface area contributed by atoms with Gasteiger partial charge in [0.1, 0.15) is 5.75 Å². The lowest BCUT2D eigenvalue weighted by Crippen LogP contribution is -2.22. The maximum absolute atomic E-state index is 12.9. The van der Waals surface area contributed by atoms with Crippen molar-refractivity contribution in [2.75, 3.05) is 6.26 Å². The first-order valence-electron chi connectivity index (χ1n) is 7.51. The Bertz CT molecular complexity index is 985. The lowest BCUT2D eigenvalue weighted by molar-refractivity contribution is 0.466. The van der Waals surface area contributed by atoms with E-state index in [1.807, 2.05) is 30.5 Å². The van der Waals surface area contributed by atoms with Gasteiger partial charge < -0.3 is 5.11 Å². The number of benzene rings is 2. The predicted octanol–water partition coefficient (Wildman–Crippen LogP) is 5.16. The summed E-state index contributed by atoms with van der Waals surface area (Å²) in [5.41, 5.74) is 1.50. The van der Waals surface area contributed by atoms with Crippen molar-refractivity contribution in [2.24, 2.45) is 0 Å². The van der Waals surface area contributed by atoms with Crippen LogP contribution in [-0.4, -0.2) is 15.9 Å². The van der Waals surface area contributed by atoms with Crippen molar-refractivity contribution in [1.82, 2.24) is 4.57 Å². The lowest BCUT2D eigenvalue weighted by atomic mass is 10.1. The van der Waals surface area contributed by atoms with E-state index >= 15 is 0 Å². The Morgan fingerprint density at radius 1 is 1.12 bits per heavy atom. The molecule has 25 heavy (non-hydrogen) atoms. The van der Waals surface area contributed by atoms with Gasteiger partial charge >= 0.3 is 0 Å². The normalized spacial score (nSPS) is 10.8.